The number of ether oxygens (including phenoxy) is 3. The molecule has 9 aromatic rings. The Morgan fingerprint density at radius 1 is 0.426 bits per heavy atom. The van der Waals surface area contributed by atoms with Gasteiger partial charge in [-0.25, -0.2) is 14.0 Å². The van der Waals surface area contributed by atoms with Gasteiger partial charge in [0.2, 0.25) is 35.4 Å². The standard InChI is InChI=1S/C28H35N5O3.C27H34N6O3.C27H33N5O4/c1-18-4-8-22(12-18)28(35)33-17-21(13-19-5-9-23(36-3)10-6-19)15-26(33)27(34)29-16-20-7-11-25-24(14-20)30-31-32(25)2;1-17-10-23(28-14-17)27(35)33-16-20(11-18-4-7-21(36-3)8-5-18)13-25(33)26(34)29-15-19-6-9-24-22(12-19)30-31-32(24)2;1-31-24-10-5-18(12-23(24)29-30-31)15-28-26(34)25-13-19(11-17-3-8-22(36-2)9-4-17)16-32(25)27(35)20-6-7-21(33)14-20/h5-7,9-11,14,18,21-22,26H,4,8,12-13,15-17H2,1-3H3,(H,29,34);4-9,12,17,20,23,25,28H,10-11,13-16H2,1-3H3,(H,29,34);3-5,8-10,12,19-21,25,33H,6-7,11,13-16H2,1-2H3,(H,28,34)/t18-,21+,22+,26-;17-,20-,23-,25+;19-,20-,21-,25+/m011/s1. The van der Waals surface area contributed by atoms with E-state index in [-0.39, 0.29) is 71.1 Å². The van der Waals surface area contributed by atoms with E-state index in [2.05, 4.69) is 90.3 Å². The molecule has 26 nitrogen and oxygen atoms in total. The fraction of sp³-hybridized carbons (Fsp3) is 0.488. The molecule has 6 aromatic carbocycles. The second-order valence-electron chi connectivity index (χ2n) is 30.8. The zero-order chi connectivity index (χ0) is 75.7. The summed E-state index contributed by atoms with van der Waals surface area (Å²) in [6.45, 7) is 8.08. The quantitative estimate of drug-likeness (QED) is 0.0459. The Hall–Kier alpha value is -10.3. The highest BCUT2D eigenvalue weighted by Gasteiger charge is 2.46. The molecule has 15 rings (SSSR count). The van der Waals surface area contributed by atoms with Gasteiger partial charge in [0.05, 0.1) is 50.0 Å². The predicted octanol–water partition coefficient (Wildman–Crippen LogP) is 7.75. The zero-order valence-corrected chi connectivity index (χ0v) is 63.2. The molecule has 4 saturated heterocycles. The molecule has 6 aliphatic rings. The molecule has 4 aliphatic heterocycles. The molecule has 12 atom stereocenters. The van der Waals surface area contributed by atoms with Crippen molar-refractivity contribution in [1.82, 2.24) is 80.9 Å². The van der Waals surface area contributed by atoms with Gasteiger partial charge >= 0.3 is 0 Å². The lowest BCUT2D eigenvalue weighted by Crippen LogP contribution is -2.51. The van der Waals surface area contributed by atoms with Crippen LogP contribution < -0.4 is 35.5 Å². The minimum absolute atomic E-state index is 0.00934. The molecule has 26 heteroatoms. The van der Waals surface area contributed by atoms with Gasteiger partial charge in [-0.1, -0.05) is 84.1 Å². The number of fused-ring (bicyclic) bond motifs is 3. The molecule has 108 heavy (non-hydrogen) atoms. The normalized spacial score (nSPS) is 23.8. The number of carbonyl (C=O) groups is 6. The smallest absolute Gasteiger partial charge is 0.243 e. The predicted molar refractivity (Wildman–Crippen MR) is 407 cm³/mol. The summed E-state index contributed by atoms with van der Waals surface area (Å²) in [6.07, 6.45) is 9.47. The molecule has 2 saturated carbocycles. The van der Waals surface area contributed by atoms with Crippen LogP contribution in [0.3, 0.4) is 0 Å². The number of methoxy groups -OCH3 is 3. The molecule has 3 aromatic heterocycles. The maximum absolute atomic E-state index is 13.5. The number of hydrogen-bond acceptors (Lipinski definition) is 17. The zero-order valence-electron chi connectivity index (χ0n) is 63.2. The minimum Gasteiger partial charge on any atom is -0.497 e. The van der Waals surface area contributed by atoms with Gasteiger partial charge < -0.3 is 55.3 Å². The summed E-state index contributed by atoms with van der Waals surface area (Å²) in [4.78, 5) is 86.0. The second-order valence-corrected chi connectivity index (χ2v) is 30.8. The maximum Gasteiger partial charge on any atom is 0.243 e. The highest BCUT2D eigenvalue weighted by Crippen LogP contribution is 2.38. The molecule has 6 fully saturated rings. The van der Waals surface area contributed by atoms with Crippen LogP contribution in [-0.2, 0) is 88.8 Å². The molecule has 0 bridgehead atoms. The van der Waals surface area contributed by atoms with Gasteiger partial charge in [-0.3, -0.25) is 28.8 Å². The van der Waals surface area contributed by atoms with Crippen molar-refractivity contribution < 1.29 is 48.1 Å². The Labute approximate surface area is 629 Å². The Morgan fingerprint density at radius 2 is 0.769 bits per heavy atom. The molecular weight excluding hydrogens is 1370 g/mol. The lowest BCUT2D eigenvalue weighted by Gasteiger charge is -2.27. The number of nitrogens with one attached hydrogen (secondary N) is 4. The van der Waals surface area contributed by atoms with Gasteiger partial charge in [-0.05, 0) is 226 Å². The number of aliphatic hydroxyl groups excluding tert-OH is 1. The largest absolute Gasteiger partial charge is 0.497 e. The highest BCUT2D eigenvalue weighted by atomic mass is 16.5. The molecule has 5 N–H and O–H groups in total. The van der Waals surface area contributed by atoms with Crippen molar-refractivity contribution in [3.63, 3.8) is 0 Å². The van der Waals surface area contributed by atoms with Crippen molar-refractivity contribution in [3.05, 3.63) is 161 Å². The first-order valence-corrected chi connectivity index (χ1v) is 38.1. The SMILES string of the molecule is COc1ccc(C[C@@H]2C[C@@H](C(=O)NCc3ccc4c(c3)nnn4C)N(C(=O)[C@@H]3CC[C@@H](O)C3)C2)cc1.COc1ccc(C[C@@H]2C[C@@H](C(=O)NCc3ccc4c(c3)nnn4C)N(C(=O)[C@@H]3CC[C@H](C)C3)C2)cc1.COc1ccc(C[C@@H]2C[C@@H](C(=O)NCc3ccc4c(c3)nnn4C)N(C(=O)[C@H]3C[C@@H](C)CN3)C2)cc1. The van der Waals surface area contributed by atoms with E-state index in [1.54, 1.807) is 40.3 Å². The number of amides is 6. The van der Waals surface area contributed by atoms with E-state index in [0.29, 0.717) is 89.6 Å². The van der Waals surface area contributed by atoms with Crippen LogP contribution in [0.25, 0.3) is 33.1 Å². The lowest BCUT2D eigenvalue weighted by atomic mass is 9.96. The van der Waals surface area contributed by atoms with E-state index in [9.17, 15) is 33.9 Å². The second kappa shape index (κ2) is 34.3. The third kappa shape index (κ3) is 18.1. The van der Waals surface area contributed by atoms with Crippen LogP contribution in [0.2, 0.25) is 0 Å². The number of carbonyl (C=O) groups excluding carboxylic acids is 6. The number of nitrogens with zero attached hydrogens (tertiary/aromatic N) is 12. The Balaban J connectivity index is 0.000000143. The summed E-state index contributed by atoms with van der Waals surface area (Å²) in [5.41, 5.74) is 11.6. The number of aromatic nitrogens is 9. The molecule has 7 heterocycles. The van der Waals surface area contributed by atoms with Crippen LogP contribution in [0.5, 0.6) is 17.2 Å². The fourth-order valence-electron chi connectivity index (χ4n) is 16.9. The fourth-order valence-corrected chi connectivity index (χ4v) is 16.9. The van der Waals surface area contributed by atoms with E-state index >= 15 is 0 Å². The molecular formula is C82H102N16O10. The van der Waals surface area contributed by atoms with E-state index in [4.69, 9.17) is 14.2 Å². The van der Waals surface area contributed by atoms with E-state index < -0.39 is 24.2 Å². The summed E-state index contributed by atoms with van der Waals surface area (Å²) in [7, 11) is 10.5. The van der Waals surface area contributed by atoms with Gasteiger partial charge in [0, 0.05) is 72.2 Å². The highest BCUT2D eigenvalue weighted by molar-refractivity contribution is 5.92. The average Bonchev–Trinajstić information content (AvgIpc) is 1.66. The maximum atomic E-state index is 13.5. The third-order valence-electron chi connectivity index (χ3n) is 22.8. The van der Waals surface area contributed by atoms with Crippen molar-refractivity contribution in [2.24, 2.45) is 62.6 Å². The van der Waals surface area contributed by atoms with Crippen molar-refractivity contribution in [2.75, 3.05) is 47.5 Å². The number of hydrogen-bond donors (Lipinski definition) is 5. The first kappa shape index (κ1) is 75.9. The number of aliphatic hydroxyl groups is 1. The van der Waals surface area contributed by atoms with E-state index in [0.717, 1.165) is 124 Å². The minimum atomic E-state index is -0.515. The first-order valence-electron chi connectivity index (χ1n) is 38.1. The summed E-state index contributed by atoms with van der Waals surface area (Å²) < 4.78 is 21.0. The van der Waals surface area contributed by atoms with Gasteiger partial charge in [-0.15, -0.1) is 15.3 Å². The molecule has 2 aliphatic carbocycles. The van der Waals surface area contributed by atoms with Gasteiger partial charge in [0.25, 0.3) is 0 Å². The lowest BCUT2D eigenvalue weighted by molar-refractivity contribution is -0.141. The summed E-state index contributed by atoms with van der Waals surface area (Å²) in [5.74, 6) is 3.80. The Morgan fingerprint density at radius 3 is 1.08 bits per heavy atom. The molecule has 0 radical (unpaired) electrons. The topological polar surface area (TPSA) is 300 Å². The molecule has 0 unspecified atom stereocenters. The van der Waals surface area contributed by atoms with Gasteiger partial charge in [0.1, 0.15) is 51.9 Å². The number of benzene rings is 6. The Bertz CT molecular complexity index is 4180. The number of rotatable bonds is 21. The van der Waals surface area contributed by atoms with Gasteiger partial charge in [-0.2, -0.15) is 0 Å². The third-order valence-corrected chi connectivity index (χ3v) is 22.8. The van der Waals surface area contributed by atoms with Crippen LogP contribution in [0.1, 0.15) is 111 Å². The van der Waals surface area contributed by atoms with Crippen LogP contribution in [0.4, 0.5) is 0 Å². The van der Waals surface area contributed by atoms with Crippen molar-refractivity contribution in [2.45, 2.75) is 147 Å². The first-order chi connectivity index (χ1) is 52.2. The number of likely N-dealkylation sites (tertiary alicyclic amines) is 3. The van der Waals surface area contributed by atoms with Crippen LogP contribution in [0.15, 0.2) is 127 Å². The van der Waals surface area contributed by atoms with E-state index in [1.165, 1.54) is 11.1 Å². The van der Waals surface area contributed by atoms with Crippen LogP contribution in [-0.4, -0.2) is 178 Å². The summed E-state index contributed by atoms with van der Waals surface area (Å²) >= 11 is 0. The molecule has 6 amide bonds. The van der Waals surface area contributed by atoms with Crippen LogP contribution >= 0.6 is 0 Å². The Kier molecular flexibility index (Phi) is 24.1. The monoisotopic (exact) mass is 1470 g/mol. The van der Waals surface area contributed by atoms with E-state index in [1.807, 2.05) is 134 Å². The van der Waals surface area contributed by atoms with Gasteiger partial charge in [0.15, 0.2) is 0 Å². The molecule has 570 valence electrons. The summed E-state index contributed by atoms with van der Waals surface area (Å²) in [5, 5.41) is 47.1. The van der Waals surface area contributed by atoms with Crippen molar-refractivity contribution in [3.8, 4) is 17.2 Å². The van der Waals surface area contributed by atoms with Crippen molar-refractivity contribution in [1.29, 1.82) is 0 Å². The molecule has 0 spiro atoms. The van der Waals surface area contributed by atoms with Crippen molar-refractivity contribution >= 4 is 68.5 Å². The van der Waals surface area contributed by atoms with Crippen LogP contribution in [0, 0.1) is 41.4 Å². The average molecular weight is 1470 g/mol. The number of aryl methyl sites for hydroxylation is 3. The summed E-state index contributed by atoms with van der Waals surface area (Å²) in [6, 6.07) is 40.0.